The predicted octanol–water partition coefficient (Wildman–Crippen LogP) is 0.180. The van der Waals surface area contributed by atoms with E-state index in [1.807, 2.05) is 11.0 Å². The lowest BCUT2D eigenvalue weighted by atomic mass is 10.3. The first kappa shape index (κ1) is 8.44. The zero-order chi connectivity index (χ0) is 8.10. The van der Waals surface area contributed by atoms with Gasteiger partial charge in [0.2, 0.25) is 0 Å². The predicted molar refractivity (Wildman–Crippen MR) is 37.8 cm³/mol. The lowest BCUT2D eigenvalue weighted by Crippen LogP contribution is -2.42. The van der Waals surface area contributed by atoms with Gasteiger partial charge in [0.25, 0.3) is 0 Å². The summed E-state index contributed by atoms with van der Waals surface area (Å²) in [5, 5.41) is 8.48. The molecule has 1 aliphatic heterocycles. The highest BCUT2D eigenvalue weighted by Crippen LogP contribution is 2.03. The van der Waals surface area contributed by atoms with E-state index in [9.17, 15) is 4.39 Å². The van der Waals surface area contributed by atoms with E-state index in [4.69, 9.17) is 10.00 Å². The molecule has 0 aromatic heterocycles. The highest BCUT2D eigenvalue weighted by Gasteiger charge is 2.18. The fraction of sp³-hybridized carbons (Fsp3) is 0.857. The van der Waals surface area contributed by atoms with Crippen LogP contribution in [0.1, 0.15) is 0 Å². The Morgan fingerprint density at radius 1 is 1.73 bits per heavy atom. The second-order valence-electron chi connectivity index (χ2n) is 2.48. The van der Waals surface area contributed by atoms with Gasteiger partial charge in [-0.2, -0.15) is 5.26 Å². The van der Waals surface area contributed by atoms with Gasteiger partial charge in [-0.25, -0.2) is 4.39 Å². The summed E-state index contributed by atoms with van der Waals surface area (Å²) in [5.41, 5.74) is 0. The van der Waals surface area contributed by atoms with Crippen LogP contribution >= 0.6 is 0 Å². The van der Waals surface area contributed by atoms with E-state index in [2.05, 4.69) is 0 Å². The average molecular weight is 158 g/mol. The van der Waals surface area contributed by atoms with Crippen LogP contribution in [0.4, 0.5) is 4.39 Å². The molecule has 0 aromatic rings. The van der Waals surface area contributed by atoms with Gasteiger partial charge < -0.3 is 4.74 Å². The van der Waals surface area contributed by atoms with Crippen molar-refractivity contribution in [2.75, 3.05) is 32.9 Å². The van der Waals surface area contributed by atoms with Crippen LogP contribution in [-0.2, 0) is 4.74 Å². The minimum Gasteiger partial charge on any atom is -0.361 e. The number of nitriles is 1. The molecule has 1 rings (SSSR count). The SMILES string of the molecule is N#CC1CN(CCF)CCO1. The van der Waals surface area contributed by atoms with Crippen molar-refractivity contribution in [3.05, 3.63) is 0 Å². The van der Waals surface area contributed by atoms with Gasteiger partial charge in [0, 0.05) is 19.6 Å². The largest absolute Gasteiger partial charge is 0.361 e. The number of ether oxygens (including phenoxy) is 1. The van der Waals surface area contributed by atoms with E-state index in [0.29, 0.717) is 19.7 Å². The van der Waals surface area contributed by atoms with Crippen LogP contribution < -0.4 is 0 Å². The Labute approximate surface area is 65.4 Å². The Kier molecular flexibility index (Phi) is 3.27. The topological polar surface area (TPSA) is 36.3 Å². The molecule has 0 bridgehead atoms. The third-order valence-electron chi connectivity index (χ3n) is 1.70. The molecule has 62 valence electrons. The van der Waals surface area contributed by atoms with Crippen molar-refractivity contribution >= 4 is 0 Å². The molecule has 1 saturated heterocycles. The van der Waals surface area contributed by atoms with Gasteiger partial charge in [-0.1, -0.05) is 0 Å². The molecule has 0 N–H and O–H groups in total. The third kappa shape index (κ3) is 2.45. The first-order chi connectivity index (χ1) is 5.36. The number of rotatable bonds is 2. The summed E-state index contributed by atoms with van der Waals surface area (Å²) in [6, 6.07) is 2.01. The fourth-order valence-corrected chi connectivity index (χ4v) is 1.10. The Balaban J connectivity index is 2.29. The van der Waals surface area contributed by atoms with Crippen molar-refractivity contribution in [2.45, 2.75) is 6.10 Å². The van der Waals surface area contributed by atoms with Crippen molar-refractivity contribution < 1.29 is 9.13 Å². The Hall–Kier alpha value is -0.660. The van der Waals surface area contributed by atoms with Crippen LogP contribution in [-0.4, -0.2) is 43.9 Å². The van der Waals surface area contributed by atoms with Gasteiger partial charge in [-0.15, -0.1) is 0 Å². The van der Waals surface area contributed by atoms with Crippen LogP contribution in [0.3, 0.4) is 0 Å². The molecule has 0 radical (unpaired) electrons. The summed E-state index contributed by atoms with van der Waals surface area (Å²) in [5.74, 6) is 0. The van der Waals surface area contributed by atoms with Crippen LogP contribution in [0.15, 0.2) is 0 Å². The second kappa shape index (κ2) is 4.27. The van der Waals surface area contributed by atoms with Crippen molar-refractivity contribution in [1.29, 1.82) is 5.26 Å². The molecule has 11 heavy (non-hydrogen) atoms. The number of morpholine rings is 1. The molecule has 1 aliphatic rings. The number of halogens is 1. The Morgan fingerprint density at radius 2 is 2.55 bits per heavy atom. The molecule has 1 heterocycles. The van der Waals surface area contributed by atoms with Gasteiger partial charge in [0.05, 0.1) is 12.7 Å². The molecule has 1 atom stereocenters. The van der Waals surface area contributed by atoms with Gasteiger partial charge in [0.15, 0.2) is 6.10 Å². The standard InChI is InChI=1S/C7H11FN2O/c8-1-2-10-3-4-11-7(5-9)6-10/h7H,1-4,6H2. The smallest absolute Gasteiger partial charge is 0.156 e. The average Bonchev–Trinajstić information content (AvgIpc) is 2.06. The van der Waals surface area contributed by atoms with Crippen LogP contribution in [0.5, 0.6) is 0 Å². The van der Waals surface area contributed by atoms with Crippen molar-refractivity contribution in [3.8, 4) is 6.07 Å². The first-order valence-corrected chi connectivity index (χ1v) is 3.66. The number of hydrogen-bond acceptors (Lipinski definition) is 3. The van der Waals surface area contributed by atoms with Gasteiger partial charge in [-0.05, 0) is 0 Å². The van der Waals surface area contributed by atoms with E-state index in [-0.39, 0.29) is 12.8 Å². The molecule has 1 fully saturated rings. The highest BCUT2D eigenvalue weighted by molar-refractivity contribution is 4.88. The van der Waals surface area contributed by atoms with E-state index in [0.717, 1.165) is 6.54 Å². The molecule has 0 aliphatic carbocycles. The summed E-state index contributed by atoms with van der Waals surface area (Å²) in [7, 11) is 0. The van der Waals surface area contributed by atoms with Crippen molar-refractivity contribution in [2.24, 2.45) is 0 Å². The molecule has 3 nitrogen and oxygen atoms in total. The second-order valence-corrected chi connectivity index (χ2v) is 2.48. The van der Waals surface area contributed by atoms with Gasteiger partial charge in [-0.3, -0.25) is 4.90 Å². The molecular formula is C7H11FN2O. The monoisotopic (exact) mass is 158 g/mol. The Bertz CT molecular complexity index is 155. The van der Waals surface area contributed by atoms with Crippen LogP contribution in [0.2, 0.25) is 0 Å². The van der Waals surface area contributed by atoms with Crippen molar-refractivity contribution in [1.82, 2.24) is 4.90 Å². The van der Waals surface area contributed by atoms with Gasteiger partial charge in [0.1, 0.15) is 6.67 Å². The van der Waals surface area contributed by atoms with Crippen LogP contribution in [0, 0.1) is 11.3 Å². The lowest BCUT2D eigenvalue weighted by Gasteiger charge is -2.28. The summed E-state index contributed by atoms with van der Waals surface area (Å²) < 4.78 is 16.9. The third-order valence-corrected chi connectivity index (χ3v) is 1.70. The number of alkyl halides is 1. The van der Waals surface area contributed by atoms with E-state index in [1.54, 1.807) is 0 Å². The maximum Gasteiger partial charge on any atom is 0.156 e. The summed E-state index contributed by atoms with van der Waals surface area (Å²) in [4.78, 5) is 1.90. The lowest BCUT2D eigenvalue weighted by molar-refractivity contribution is -0.00113. The molecule has 0 spiro atoms. The molecule has 4 heteroatoms. The fourth-order valence-electron chi connectivity index (χ4n) is 1.10. The zero-order valence-corrected chi connectivity index (χ0v) is 6.29. The molecular weight excluding hydrogens is 147 g/mol. The quantitative estimate of drug-likeness (QED) is 0.575. The van der Waals surface area contributed by atoms with Crippen molar-refractivity contribution in [3.63, 3.8) is 0 Å². The van der Waals surface area contributed by atoms with Crippen LogP contribution in [0.25, 0.3) is 0 Å². The molecule has 1 unspecified atom stereocenters. The number of hydrogen-bond donors (Lipinski definition) is 0. The molecule has 0 amide bonds. The van der Waals surface area contributed by atoms with E-state index < -0.39 is 0 Å². The summed E-state index contributed by atoms with van der Waals surface area (Å²) in [6.45, 7) is 1.89. The minimum atomic E-state index is -0.365. The summed E-state index contributed by atoms with van der Waals surface area (Å²) >= 11 is 0. The van der Waals surface area contributed by atoms with E-state index in [1.165, 1.54) is 0 Å². The normalized spacial score (nSPS) is 26.4. The highest BCUT2D eigenvalue weighted by atomic mass is 19.1. The number of nitrogens with zero attached hydrogens (tertiary/aromatic N) is 2. The maximum atomic E-state index is 11.8. The molecule has 0 aromatic carbocycles. The minimum absolute atomic E-state index is 0.349. The summed E-state index contributed by atoms with van der Waals surface area (Å²) in [6.07, 6.45) is -0.365. The molecule has 0 saturated carbocycles. The maximum absolute atomic E-state index is 11.8. The van der Waals surface area contributed by atoms with E-state index >= 15 is 0 Å². The van der Waals surface area contributed by atoms with Gasteiger partial charge >= 0.3 is 0 Å². The first-order valence-electron chi connectivity index (χ1n) is 3.66. The Morgan fingerprint density at radius 3 is 3.18 bits per heavy atom. The zero-order valence-electron chi connectivity index (χ0n) is 6.29.